The topological polar surface area (TPSA) is 97.1 Å². The highest BCUT2D eigenvalue weighted by atomic mass is 19.3. The number of hydrogen-bond acceptors (Lipinski definition) is 6. The standard InChI is InChI=1S/C23H34F2N4O4/c1-15(2)12-28(13-16-4-3-5-16)19(11-26)22(31)27-17-6-7-18(20(10-17)33-23(24)25)29-8-9-32-14-21(29)30/h6-7,10,15-16,19,23H,3-5,8-9,11-14,26H2,1-2H3,(H,27,31)/t19-/m0/s1. The molecule has 184 valence electrons. The van der Waals surface area contributed by atoms with Crippen molar-refractivity contribution in [1.29, 1.82) is 0 Å². The van der Waals surface area contributed by atoms with Crippen molar-refractivity contribution in [2.45, 2.75) is 45.8 Å². The van der Waals surface area contributed by atoms with Crippen LogP contribution in [0.1, 0.15) is 33.1 Å². The molecule has 1 saturated heterocycles. The average Bonchev–Trinajstić information content (AvgIpc) is 2.71. The van der Waals surface area contributed by atoms with E-state index in [2.05, 4.69) is 28.8 Å². The Morgan fingerprint density at radius 1 is 1.36 bits per heavy atom. The highest BCUT2D eigenvalue weighted by molar-refractivity contribution is 5.98. The van der Waals surface area contributed by atoms with E-state index in [0.717, 1.165) is 25.9 Å². The van der Waals surface area contributed by atoms with Gasteiger partial charge >= 0.3 is 6.61 Å². The summed E-state index contributed by atoms with van der Waals surface area (Å²) in [4.78, 5) is 28.8. The molecule has 2 amide bonds. The number of anilines is 2. The van der Waals surface area contributed by atoms with Crippen molar-refractivity contribution in [2.75, 3.05) is 49.6 Å². The molecule has 2 aliphatic rings. The van der Waals surface area contributed by atoms with Crippen molar-refractivity contribution >= 4 is 23.2 Å². The Hall–Kier alpha value is -2.30. The van der Waals surface area contributed by atoms with Crippen LogP contribution in [0.4, 0.5) is 20.2 Å². The smallest absolute Gasteiger partial charge is 0.387 e. The molecule has 1 aliphatic carbocycles. The lowest BCUT2D eigenvalue weighted by Gasteiger charge is -2.37. The van der Waals surface area contributed by atoms with Crippen molar-refractivity contribution in [3.8, 4) is 5.75 Å². The zero-order valence-electron chi connectivity index (χ0n) is 19.3. The lowest BCUT2D eigenvalue weighted by molar-refractivity contribution is -0.126. The number of alkyl halides is 2. The van der Waals surface area contributed by atoms with E-state index in [0.29, 0.717) is 24.1 Å². The number of rotatable bonds is 11. The molecule has 1 aromatic carbocycles. The minimum absolute atomic E-state index is 0.128. The number of nitrogens with two attached hydrogens (primary N) is 1. The fraction of sp³-hybridized carbons (Fsp3) is 0.652. The van der Waals surface area contributed by atoms with Crippen LogP contribution in [0.3, 0.4) is 0 Å². The number of nitrogens with zero attached hydrogens (tertiary/aromatic N) is 2. The number of carbonyl (C=O) groups excluding carboxylic acids is 2. The molecule has 1 heterocycles. The number of nitrogens with one attached hydrogen (secondary N) is 1. The molecule has 1 atom stereocenters. The predicted molar refractivity (Wildman–Crippen MR) is 121 cm³/mol. The average molecular weight is 469 g/mol. The molecule has 3 N–H and O–H groups in total. The van der Waals surface area contributed by atoms with Crippen LogP contribution in [0.2, 0.25) is 0 Å². The van der Waals surface area contributed by atoms with Gasteiger partial charge < -0.3 is 25.4 Å². The summed E-state index contributed by atoms with van der Waals surface area (Å²) in [5, 5.41) is 2.80. The van der Waals surface area contributed by atoms with Gasteiger partial charge in [-0.25, -0.2) is 0 Å². The van der Waals surface area contributed by atoms with Crippen LogP contribution in [0.15, 0.2) is 18.2 Å². The van der Waals surface area contributed by atoms with Crippen LogP contribution in [0.5, 0.6) is 5.75 Å². The third-order valence-corrected chi connectivity index (χ3v) is 6.00. The van der Waals surface area contributed by atoms with Gasteiger partial charge in [0.15, 0.2) is 5.75 Å². The Morgan fingerprint density at radius 3 is 2.70 bits per heavy atom. The van der Waals surface area contributed by atoms with Gasteiger partial charge in [-0.05, 0) is 36.8 Å². The first-order valence-corrected chi connectivity index (χ1v) is 11.5. The first-order chi connectivity index (χ1) is 15.8. The van der Waals surface area contributed by atoms with E-state index in [-0.39, 0.29) is 42.9 Å². The molecule has 33 heavy (non-hydrogen) atoms. The third-order valence-electron chi connectivity index (χ3n) is 6.00. The van der Waals surface area contributed by atoms with Gasteiger partial charge in [-0.15, -0.1) is 0 Å². The molecule has 10 heteroatoms. The molecule has 8 nitrogen and oxygen atoms in total. The molecule has 0 bridgehead atoms. The second kappa shape index (κ2) is 11.7. The molecular formula is C23H34F2N4O4. The minimum atomic E-state index is -3.08. The molecule has 1 aliphatic heterocycles. The van der Waals surface area contributed by atoms with Crippen molar-refractivity contribution in [2.24, 2.45) is 17.6 Å². The van der Waals surface area contributed by atoms with Gasteiger partial charge in [0.2, 0.25) is 5.91 Å². The number of ether oxygens (including phenoxy) is 2. The normalized spacial score (nSPS) is 18.1. The van der Waals surface area contributed by atoms with Crippen molar-refractivity contribution < 1.29 is 27.8 Å². The highest BCUT2D eigenvalue weighted by Gasteiger charge is 2.30. The minimum Gasteiger partial charge on any atom is -0.433 e. The first-order valence-electron chi connectivity index (χ1n) is 11.5. The SMILES string of the molecule is CC(C)CN(CC1CCC1)[C@@H](CN)C(=O)Nc1ccc(N2CCOCC2=O)c(OC(F)F)c1. The van der Waals surface area contributed by atoms with Crippen molar-refractivity contribution in [1.82, 2.24) is 4.90 Å². The van der Waals surface area contributed by atoms with E-state index in [1.54, 1.807) is 6.07 Å². The summed E-state index contributed by atoms with van der Waals surface area (Å²) in [6.45, 7) is 3.20. The Kier molecular flexibility index (Phi) is 8.99. The highest BCUT2D eigenvalue weighted by Crippen LogP contribution is 2.34. The summed E-state index contributed by atoms with van der Waals surface area (Å²) in [5.41, 5.74) is 6.50. The number of morpholine rings is 1. The lowest BCUT2D eigenvalue weighted by Crippen LogP contribution is -2.52. The Balaban J connectivity index is 1.78. The summed E-state index contributed by atoms with van der Waals surface area (Å²) in [7, 11) is 0. The zero-order valence-corrected chi connectivity index (χ0v) is 19.3. The largest absolute Gasteiger partial charge is 0.433 e. The molecule has 3 rings (SSSR count). The molecular weight excluding hydrogens is 434 g/mol. The van der Waals surface area contributed by atoms with Gasteiger partial charge in [-0.3, -0.25) is 14.5 Å². The molecule has 0 unspecified atom stereocenters. The Labute approximate surface area is 193 Å². The second-order valence-electron chi connectivity index (χ2n) is 9.04. The number of halogens is 2. The van der Waals surface area contributed by atoms with E-state index in [9.17, 15) is 18.4 Å². The molecule has 2 fully saturated rings. The zero-order chi connectivity index (χ0) is 24.0. The number of amides is 2. The first kappa shape index (κ1) is 25.3. The fourth-order valence-corrected chi connectivity index (χ4v) is 4.23. The van der Waals surface area contributed by atoms with Gasteiger partial charge in [0.25, 0.3) is 5.91 Å². The summed E-state index contributed by atoms with van der Waals surface area (Å²) in [6.07, 6.45) is 3.53. The van der Waals surface area contributed by atoms with Crippen LogP contribution in [-0.4, -0.2) is 68.8 Å². The van der Waals surface area contributed by atoms with Gasteiger partial charge in [0, 0.05) is 37.9 Å². The monoisotopic (exact) mass is 468 g/mol. The van der Waals surface area contributed by atoms with Crippen molar-refractivity contribution in [3.05, 3.63) is 18.2 Å². The van der Waals surface area contributed by atoms with E-state index >= 15 is 0 Å². The predicted octanol–water partition coefficient (Wildman–Crippen LogP) is 2.68. The maximum absolute atomic E-state index is 13.1. The van der Waals surface area contributed by atoms with Crippen LogP contribution in [-0.2, 0) is 14.3 Å². The van der Waals surface area contributed by atoms with E-state index < -0.39 is 12.7 Å². The third kappa shape index (κ3) is 6.84. The van der Waals surface area contributed by atoms with E-state index in [1.165, 1.54) is 23.5 Å². The van der Waals surface area contributed by atoms with Crippen molar-refractivity contribution in [3.63, 3.8) is 0 Å². The number of benzene rings is 1. The summed E-state index contributed by atoms with van der Waals surface area (Å²) in [5.74, 6) is 0.109. The molecule has 0 radical (unpaired) electrons. The van der Waals surface area contributed by atoms with Gasteiger partial charge in [-0.1, -0.05) is 20.3 Å². The van der Waals surface area contributed by atoms with Gasteiger partial charge in [0.05, 0.1) is 12.3 Å². The molecule has 1 saturated carbocycles. The molecule has 1 aromatic rings. The van der Waals surface area contributed by atoms with Gasteiger partial charge in [-0.2, -0.15) is 8.78 Å². The number of hydrogen-bond donors (Lipinski definition) is 2. The Morgan fingerprint density at radius 2 is 2.12 bits per heavy atom. The van der Waals surface area contributed by atoms with E-state index in [1.807, 2.05) is 0 Å². The molecule has 0 spiro atoms. The summed E-state index contributed by atoms with van der Waals surface area (Å²) >= 11 is 0. The quantitative estimate of drug-likeness (QED) is 0.518. The van der Waals surface area contributed by atoms with Crippen LogP contribution in [0.25, 0.3) is 0 Å². The fourth-order valence-electron chi connectivity index (χ4n) is 4.23. The molecule has 0 aromatic heterocycles. The summed E-state index contributed by atoms with van der Waals surface area (Å²) in [6, 6.07) is 3.84. The maximum Gasteiger partial charge on any atom is 0.387 e. The van der Waals surface area contributed by atoms with Crippen LogP contribution < -0.4 is 20.7 Å². The van der Waals surface area contributed by atoms with Gasteiger partial charge in [0.1, 0.15) is 12.6 Å². The Bertz CT molecular complexity index is 820. The maximum atomic E-state index is 13.1. The van der Waals surface area contributed by atoms with E-state index in [4.69, 9.17) is 10.5 Å². The second-order valence-corrected chi connectivity index (χ2v) is 9.04. The number of carbonyl (C=O) groups is 2. The van der Waals surface area contributed by atoms with Crippen LogP contribution in [0, 0.1) is 11.8 Å². The lowest BCUT2D eigenvalue weighted by atomic mass is 9.84. The summed E-state index contributed by atoms with van der Waals surface area (Å²) < 4.78 is 35.9. The van der Waals surface area contributed by atoms with Crippen LogP contribution >= 0.6 is 0 Å².